The maximum atomic E-state index is 11.6. The van der Waals surface area contributed by atoms with E-state index in [1.807, 2.05) is 12.2 Å². The van der Waals surface area contributed by atoms with Crippen LogP contribution in [-0.4, -0.2) is 42.7 Å². The van der Waals surface area contributed by atoms with Crippen LogP contribution in [0.3, 0.4) is 0 Å². The molecule has 0 aliphatic carbocycles. The lowest BCUT2D eigenvalue weighted by Gasteiger charge is -2.23. The molecule has 0 radical (unpaired) electrons. The summed E-state index contributed by atoms with van der Waals surface area (Å²) in [7, 11) is 1.51. The summed E-state index contributed by atoms with van der Waals surface area (Å²) >= 11 is 0. The van der Waals surface area contributed by atoms with E-state index in [1.165, 1.54) is 13.2 Å². The number of nitro groups is 1. The normalized spacial score (nSPS) is 20.1. The summed E-state index contributed by atoms with van der Waals surface area (Å²) in [5.74, 6) is 0.172. The molecule has 1 saturated heterocycles. The third-order valence-corrected chi connectivity index (χ3v) is 3.52. The zero-order valence-electron chi connectivity index (χ0n) is 13.9. The van der Waals surface area contributed by atoms with Gasteiger partial charge >= 0.3 is 18.0 Å². The van der Waals surface area contributed by atoms with Gasteiger partial charge in [0.05, 0.1) is 13.7 Å². The number of carbonyl (C=O) groups excluding carboxylic acids is 2. The highest BCUT2D eigenvalue weighted by Crippen LogP contribution is 2.28. The number of methoxy groups -OCH3 is 1. The third-order valence-electron chi connectivity index (χ3n) is 3.52. The van der Waals surface area contributed by atoms with Gasteiger partial charge < -0.3 is 14.8 Å². The molecular weight excluding hydrogens is 330 g/mol. The molecule has 25 heavy (non-hydrogen) atoms. The Balaban J connectivity index is 2.20. The van der Waals surface area contributed by atoms with E-state index in [1.54, 1.807) is 24.3 Å². The van der Waals surface area contributed by atoms with Crippen LogP contribution in [-0.2, 0) is 4.79 Å². The number of hydrogen-bond acceptors (Lipinski definition) is 6. The summed E-state index contributed by atoms with van der Waals surface area (Å²) in [5.41, 5.74) is 0.683. The predicted molar refractivity (Wildman–Crippen MR) is 89.1 cm³/mol. The van der Waals surface area contributed by atoms with Gasteiger partial charge in [0, 0.05) is 4.92 Å². The highest BCUT2D eigenvalue weighted by Gasteiger charge is 2.43. The Kier molecular flexibility index (Phi) is 5.93. The number of nitrogens with one attached hydrogen (secondary N) is 2. The number of hydrogen-bond donors (Lipinski definition) is 2. The van der Waals surface area contributed by atoms with Crippen molar-refractivity contribution in [3.63, 3.8) is 0 Å². The van der Waals surface area contributed by atoms with Crippen LogP contribution >= 0.6 is 0 Å². The van der Waals surface area contributed by atoms with Gasteiger partial charge in [-0.15, -0.1) is 0 Å². The highest BCUT2D eigenvalue weighted by molar-refractivity contribution is 6.00. The molecule has 1 heterocycles. The molecule has 2 unspecified atom stereocenters. The van der Waals surface area contributed by atoms with E-state index in [0.29, 0.717) is 23.7 Å². The van der Waals surface area contributed by atoms with Crippen LogP contribution in [0.4, 0.5) is 4.79 Å². The van der Waals surface area contributed by atoms with Crippen molar-refractivity contribution in [3.05, 3.63) is 40.0 Å². The summed E-state index contributed by atoms with van der Waals surface area (Å²) in [6.07, 6.45) is 3.84. The lowest BCUT2D eigenvalue weighted by Crippen LogP contribution is -2.62. The summed E-state index contributed by atoms with van der Waals surface area (Å²) in [6.45, 7) is 2.54. The van der Waals surface area contributed by atoms with E-state index in [-0.39, 0.29) is 0 Å². The summed E-state index contributed by atoms with van der Waals surface area (Å²) in [4.78, 5) is 33.3. The van der Waals surface area contributed by atoms with Crippen molar-refractivity contribution < 1.29 is 24.0 Å². The molecule has 2 N–H and O–H groups in total. The lowest BCUT2D eigenvalue weighted by molar-refractivity contribution is -0.510. The van der Waals surface area contributed by atoms with Gasteiger partial charge in [-0.05, 0) is 24.1 Å². The molecule has 9 heteroatoms. The van der Waals surface area contributed by atoms with Crippen molar-refractivity contribution >= 4 is 18.0 Å². The summed E-state index contributed by atoms with van der Waals surface area (Å²) < 4.78 is 10.8. The number of rotatable bonds is 7. The van der Waals surface area contributed by atoms with E-state index < -0.39 is 28.9 Å². The van der Waals surface area contributed by atoms with E-state index in [2.05, 4.69) is 5.32 Å². The Morgan fingerprint density at radius 1 is 1.32 bits per heavy atom. The van der Waals surface area contributed by atoms with Crippen LogP contribution in [0.1, 0.15) is 18.9 Å². The minimum atomic E-state index is -1.58. The first-order valence-corrected chi connectivity index (χ1v) is 7.70. The fraction of sp³-hybridized carbons (Fsp3) is 0.375. The Morgan fingerprint density at radius 3 is 2.72 bits per heavy atom. The highest BCUT2D eigenvalue weighted by atomic mass is 16.6. The molecule has 3 amide bonds. The van der Waals surface area contributed by atoms with Crippen molar-refractivity contribution in [2.24, 2.45) is 0 Å². The van der Waals surface area contributed by atoms with Crippen molar-refractivity contribution in [1.29, 1.82) is 0 Å². The van der Waals surface area contributed by atoms with Crippen LogP contribution in [0.5, 0.6) is 11.5 Å². The lowest BCUT2D eigenvalue weighted by atomic mass is 10.0. The molecule has 0 aromatic heterocycles. The standard InChI is InChI=1S/C16H19N3O6/c1-3-8-25-12-7-5-10(9-13(12)24-2)4-6-11-14(19(22)23)15(20)18-16(21)17-11/h4-7,9,11,14H,3,8H2,1-2H3,(H2,17,18,20,21)/b6-4+. The Labute approximate surface area is 144 Å². The number of amides is 3. The average Bonchev–Trinajstić information content (AvgIpc) is 2.57. The molecule has 9 nitrogen and oxygen atoms in total. The minimum absolute atomic E-state index is 0.520. The van der Waals surface area contributed by atoms with Gasteiger partial charge in [-0.25, -0.2) is 4.79 Å². The quantitative estimate of drug-likeness (QED) is 0.566. The van der Waals surface area contributed by atoms with Crippen molar-refractivity contribution in [2.45, 2.75) is 25.4 Å². The largest absolute Gasteiger partial charge is 0.493 e. The first kappa shape index (κ1) is 18.2. The minimum Gasteiger partial charge on any atom is -0.493 e. The molecule has 1 aliphatic heterocycles. The van der Waals surface area contributed by atoms with Crippen LogP contribution < -0.4 is 20.1 Å². The molecule has 2 rings (SSSR count). The smallest absolute Gasteiger partial charge is 0.322 e. The second-order valence-corrected chi connectivity index (χ2v) is 5.34. The van der Waals surface area contributed by atoms with Gasteiger partial charge in [-0.1, -0.05) is 25.1 Å². The van der Waals surface area contributed by atoms with E-state index in [9.17, 15) is 19.7 Å². The molecule has 0 spiro atoms. The van der Waals surface area contributed by atoms with E-state index in [4.69, 9.17) is 9.47 Å². The van der Waals surface area contributed by atoms with Gasteiger partial charge in [-0.3, -0.25) is 20.2 Å². The van der Waals surface area contributed by atoms with Crippen LogP contribution in [0, 0.1) is 10.1 Å². The second kappa shape index (κ2) is 8.13. The third kappa shape index (κ3) is 4.46. The predicted octanol–water partition coefficient (Wildman–Crippen LogP) is 1.35. The maximum Gasteiger partial charge on any atom is 0.322 e. The van der Waals surface area contributed by atoms with Crippen LogP contribution in [0.25, 0.3) is 6.08 Å². The molecule has 1 aromatic rings. The fourth-order valence-corrected chi connectivity index (χ4v) is 2.33. The van der Waals surface area contributed by atoms with Crippen molar-refractivity contribution in [3.8, 4) is 11.5 Å². The Bertz CT molecular complexity index is 703. The molecule has 134 valence electrons. The first-order chi connectivity index (χ1) is 12.0. The van der Waals surface area contributed by atoms with Gasteiger partial charge in [0.15, 0.2) is 11.5 Å². The molecule has 2 atom stereocenters. The molecule has 1 aromatic carbocycles. The van der Waals surface area contributed by atoms with Gasteiger partial charge in [0.1, 0.15) is 6.04 Å². The number of urea groups is 1. The topological polar surface area (TPSA) is 120 Å². The van der Waals surface area contributed by atoms with Gasteiger partial charge in [0.2, 0.25) is 0 Å². The zero-order chi connectivity index (χ0) is 18.4. The number of benzene rings is 1. The Hall–Kier alpha value is -3.10. The van der Waals surface area contributed by atoms with Gasteiger partial charge in [0.25, 0.3) is 0 Å². The molecule has 0 bridgehead atoms. The number of nitrogens with zero attached hydrogens (tertiary/aromatic N) is 1. The molecule has 1 aliphatic rings. The molecular formula is C16H19N3O6. The van der Waals surface area contributed by atoms with Crippen molar-refractivity contribution in [2.75, 3.05) is 13.7 Å². The summed E-state index contributed by atoms with van der Waals surface area (Å²) in [6, 6.07) is 1.79. The SMILES string of the molecule is CCCOc1ccc(/C=C/C2NC(=O)NC(=O)C2[N+](=O)[O-])cc1OC. The van der Waals surface area contributed by atoms with Crippen LogP contribution in [0.15, 0.2) is 24.3 Å². The fourth-order valence-electron chi connectivity index (χ4n) is 2.33. The van der Waals surface area contributed by atoms with Crippen molar-refractivity contribution in [1.82, 2.24) is 10.6 Å². The first-order valence-electron chi connectivity index (χ1n) is 7.70. The second-order valence-electron chi connectivity index (χ2n) is 5.34. The monoisotopic (exact) mass is 349 g/mol. The van der Waals surface area contributed by atoms with Gasteiger partial charge in [-0.2, -0.15) is 0 Å². The molecule has 1 fully saturated rings. The number of imide groups is 1. The summed E-state index contributed by atoms with van der Waals surface area (Å²) in [5, 5.41) is 15.3. The van der Waals surface area contributed by atoms with E-state index in [0.717, 1.165) is 6.42 Å². The van der Waals surface area contributed by atoms with Crippen LogP contribution in [0.2, 0.25) is 0 Å². The molecule has 0 saturated carbocycles. The maximum absolute atomic E-state index is 11.6. The van der Waals surface area contributed by atoms with E-state index >= 15 is 0 Å². The number of carbonyl (C=O) groups is 2. The zero-order valence-corrected chi connectivity index (χ0v) is 13.9. The number of ether oxygens (including phenoxy) is 2. The average molecular weight is 349 g/mol. The Morgan fingerprint density at radius 2 is 2.08 bits per heavy atom.